The first kappa shape index (κ1) is 9.24. The topological polar surface area (TPSA) is 3.88 Å². The smallest absolute Gasteiger partial charge is 0.169 e. The third-order valence-corrected chi connectivity index (χ3v) is 2.86. The highest BCUT2D eigenvalue weighted by Gasteiger charge is 2.28. The van der Waals surface area contributed by atoms with E-state index in [0.29, 0.717) is 5.54 Å². The van der Waals surface area contributed by atoms with Gasteiger partial charge < -0.3 is 0 Å². The standard InChI is InChI=1S/C11H18N/c1-4-11(3,5-2)12-9-7-6-8-10-12/h6-10H,4-5H2,1-3H3/q+1. The average molecular weight is 164 g/mol. The first-order valence-electron chi connectivity index (χ1n) is 4.69. The van der Waals surface area contributed by atoms with Gasteiger partial charge in [-0.1, -0.05) is 19.9 Å². The van der Waals surface area contributed by atoms with Crippen molar-refractivity contribution in [3.05, 3.63) is 30.6 Å². The van der Waals surface area contributed by atoms with Gasteiger partial charge in [-0.05, 0) is 0 Å². The fourth-order valence-corrected chi connectivity index (χ4v) is 1.37. The lowest BCUT2D eigenvalue weighted by Crippen LogP contribution is -2.52. The molecule has 0 saturated carbocycles. The molecular formula is C11H18N+. The summed E-state index contributed by atoms with van der Waals surface area (Å²) in [5, 5.41) is 0. The van der Waals surface area contributed by atoms with Crippen LogP contribution in [0.15, 0.2) is 30.6 Å². The second-order valence-electron chi connectivity index (χ2n) is 3.49. The van der Waals surface area contributed by atoms with E-state index in [2.05, 4.69) is 55.9 Å². The van der Waals surface area contributed by atoms with Crippen molar-refractivity contribution in [1.82, 2.24) is 0 Å². The van der Waals surface area contributed by atoms with E-state index < -0.39 is 0 Å². The van der Waals surface area contributed by atoms with E-state index in [1.807, 2.05) is 0 Å². The molecule has 0 aliphatic heterocycles. The van der Waals surface area contributed by atoms with Gasteiger partial charge in [-0.25, -0.2) is 4.57 Å². The van der Waals surface area contributed by atoms with Crippen molar-refractivity contribution in [2.45, 2.75) is 39.2 Å². The second-order valence-corrected chi connectivity index (χ2v) is 3.49. The molecule has 0 atom stereocenters. The lowest BCUT2D eigenvalue weighted by atomic mass is 9.95. The maximum atomic E-state index is 2.30. The summed E-state index contributed by atoms with van der Waals surface area (Å²) in [6.45, 7) is 6.78. The van der Waals surface area contributed by atoms with Gasteiger partial charge in [0.25, 0.3) is 0 Å². The molecule has 1 aromatic heterocycles. The molecular weight excluding hydrogens is 146 g/mol. The Hall–Kier alpha value is -0.850. The van der Waals surface area contributed by atoms with E-state index in [4.69, 9.17) is 0 Å². The monoisotopic (exact) mass is 164 g/mol. The molecule has 0 saturated heterocycles. The number of rotatable bonds is 3. The largest absolute Gasteiger partial charge is 0.200 e. The zero-order chi connectivity index (χ0) is 9.03. The van der Waals surface area contributed by atoms with Crippen LogP contribution in [0.3, 0.4) is 0 Å². The first-order valence-corrected chi connectivity index (χ1v) is 4.69. The van der Waals surface area contributed by atoms with Crippen LogP contribution in [0.25, 0.3) is 0 Å². The minimum Gasteiger partial charge on any atom is -0.200 e. The predicted molar refractivity (Wildman–Crippen MR) is 50.9 cm³/mol. The molecule has 0 radical (unpaired) electrons. The van der Waals surface area contributed by atoms with E-state index in [1.165, 1.54) is 12.8 Å². The molecule has 1 heterocycles. The zero-order valence-electron chi connectivity index (χ0n) is 8.25. The second kappa shape index (κ2) is 3.70. The van der Waals surface area contributed by atoms with Gasteiger partial charge in [0.05, 0.1) is 0 Å². The van der Waals surface area contributed by atoms with Crippen LogP contribution in [0.2, 0.25) is 0 Å². The Balaban J connectivity index is 2.95. The molecule has 0 fully saturated rings. The first-order chi connectivity index (χ1) is 5.73. The molecule has 0 spiro atoms. The van der Waals surface area contributed by atoms with Crippen molar-refractivity contribution < 1.29 is 4.57 Å². The molecule has 1 rings (SSSR count). The highest BCUT2D eigenvalue weighted by atomic mass is 15.0. The van der Waals surface area contributed by atoms with Gasteiger partial charge in [0.15, 0.2) is 17.9 Å². The predicted octanol–water partition coefficient (Wildman–Crippen LogP) is 2.51. The third kappa shape index (κ3) is 1.66. The SMILES string of the molecule is CCC(C)(CC)[n+]1ccccc1. The fraction of sp³-hybridized carbons (Fsp3) is 0.545. The summed E-state index contributed by atoms with van der Waals surface area (Å²) in [5.41, 5.74) is 0.293. The lowest BCUT2D eigenvalue weighted by molar-refractivity contribution is -0.762. The molecule has 66 valence electrons. The van der Waals surface area contributed by atoms with Gasteiger partial charge in [0.2, 0.25) is 0 Å². The molecule has 0 aliphatic carbocycles. The maximum absolute atomic E-state index is 2.30. The highest BCUT2D eigenvalue weighted by Crippen LogP contribution is 2.16. The van der Waals surface area contributed by atoms with Gasteiger partial charge in [0.1, 0.15) is 0 Å². The number of hydrogen-bond donors (Lipinski definition) is 0. The van der Waals surface area contributed by atoms with Gasteiger partial charge in [-0.3, -0.25) is 0 Å². The Kier molecular flexibility index (Phi) is 2.85. The Morgan fingerprint density at radius 1 is 1.00 bits per heavy atom. The third-order valence-electron chi connectivity index (χ3n) is 2.86. The van der Waals surface area contributed by atoms with Crippen molar-refractivity contribution in [2.75, 3.05) is 0 Å². The van der Waals surface area contributed by atoms with Crippen molar-refractivity contribution in [2.24, 2.45) is 0 Å². The Bertz CT molecular complexity index is 224. The van der Waals surface area contributed by atoms with Crippen LogP contribution >= 0.6 is 0 Å². The van der Waals surface area contributed by atoms with Crippen molar-refractivity contribution >= 4 is 0 Å². The van der Waals surface area contributed by atoms with Crippen LogP contribution in [-0.2, 0) is 5.54 Å². The van der Waals surface area contributed by atoms with Crippen molar-refractivity contribution in [3.63, 3.8) is 0 Å². The van der Waals surface area contributed by atoms with E-state index in [-0.39, 0.29) is 0 Å². The van der Waals surface area contributed by atoms with Crippen molar-refractivity contribution in [1.29, 1.82) is 0 Å². The van der Waals surface area contributed by atoms with E-state index in [9.17, 15) is 0 Å². The normalized spacial score (nSPS) is 11.6. The summed E-state index contributed by atoms with van der Waals surface area (Å²) in [4.78, 5) is 0. The zero-order valence-corrected chi connectivity index (χ0v) is 8.25. The van der Waals surface area contributed by atoms with E-state index in [1.54, 1.807) is 0 Å². The summed E-state index contributed by atoms with van der Waals surface area (Å²) in [6.07, 6.45) is 6.65. The molecule has 0 aliphatic rings. The van der Waals surface area contributed by atoms with Crippen LogP contribution in [0, 0.1) is 0 Å². The van der Waals surface area contributed by atoms with Gasteiger partial charge in [-0.2, -0.15) is 0 Å². The molecule has 1 aromatic rings. The summed E-state index contributed by atoms with van der Waals surface area (Å²) in [5.74, 6) is 0. The Morgan fingerprint density at radius 2 is 1.50 bits per heavy atom. The molecule has 1 heteroatoms. The highest BCUT2D eigenvalue weighted by molar-refractivity contribution is 4.85. The van der Waals surface area contributed by atoms with Crippen LogP contribution in [0.4, 0.5) is 0 Å². The van der Waals surface area contributed by atoms with Crippen molar-refractivity contribution in [3.8, 4) is 0 Å². The molecule has 0 amide bonds. The Morgan fingerprint density at radius 3 is 1.92 bits per heavy atom. The summed E-state index contributed by atoms with van der Waals surface area (Å²) in [7, 11) is 0. The average Bonchev–Trinajstić information content (AvgIpc) is 2.18. The molecule has 12 heavy (non-hydrogen) atoms. The van der Waals surface area contributed by atoms with Crippen LogP contribution in [0.5, 0.6) is 0 Å². The number of nitrogens with zero attached hydrogens (tertiary/aromatic N) is 1. The lowest BCUT2D eigenvalue weighted by Gasteiger charge is -2.20. The molecule has 1 nitrogen and oxygen atoms in total. The molecule has 0 N–H and O–H groups in total. The van der Waals surface area contributed by atoms with Gasteiger partial charge in [-0.15, -0.1) is 0 Å². The van der Waals surface area contributed by atoms with Crippen LogP contribution in [0.1, 0.15) is 33.6 Å². The van der Waals surface area contributed by atoms with E-state index in [0.717, 1.165) is 0 Å². The number of hydrogen-bond acceptors (Lipinski definition) is 0. The Labute approximate surface area is 75.1 Å². The fourth-order valence-electron chi connectivity index (χ4n) is 1.37. The maximum Gasteiger partial charge on any atom is 0.169 e. The quantitative estimate of drug-likeness (QED) is 0.604. The molecule has 0 bridgehead atoms. The molecule has 0 aromatic carbocycles. The van der Waals surface area contributed by atoms with Crippen LogP contribution < -0.4 is 4.57 Å². The minimum absolute atomic E-state index is 0.293. The summed E-state index contributed by atoms with van der Waals surface area (Å²) >= 11 is 0. The summed E-state index contributed by atoms with van der Waals surface area (Å²) < 4.78 is 2.30. The van der Waals surface area contributed by atoms with E-state index >= 15 is 0 Å². The summed E-state index contributed by atoms with van der Waals surface area (Å²) in [6, 6.07) is 6.23. The number of aromatic nitrogens is 1. The van der Waals surface area contributed by atoms with Gasteiger partial charge in [0, 0.05) is 31.9 Å². The van der Waals surface area contributed by atoms with Gasteiger partial charge >= 0.3 is 0 Å². The minimum atomic E-state index is 0.293. The van der Waals surface area contributed by atoms with Crippen LogP contribution in [-0.4, -0.2) is 0 Å². The number of pyridine rings is 1. The molecule has 0 unspecified atom stereocenters.